The minimum Gasteiger partial charge on any atom is -0.468 e. The monoisotopic (exact) mass is 382 g/mol. The number of oxazole rings is 1. The van der Waals surface area contributed by atoms with Gasteiger partial charge in [0.05, 0.1) is 19.4 Å². The molecule has 1 amide bonds. The largest absolute Gasteiger partial charge is 0.468 e. The quantitative estimate of drug-likeness (QED) is 0.581. The molecular weight excluding hydrogens is 356 g/mol. The van der Waals surface area contributed by atoms with E-state index in [1.54, 1.807) is 6.26 Å². The lowest BCUT2D eigenvalue weighted by atomic mass is 10.2. The van der Waals surface area contributed by atoms with E-state index in [4.69, 9.17) is 8.83 Å². The number of amides is 1. The molecule has 3 aromatic rings. The van der Waals surface area contributed by atoms with E-state index >= 15 is 0 Å². The highest BCUT2D eigenvalue weighted by molar-refractivity contribution is 5.91. The molecule has 0 spiro atoms. The maximum atomic E-state index is 12.2. The Morgan fingerprint density at radius 1 is 1.04 bits per heavy atom. The first-order valence-electron chi connectivity index (χ1n) is 9.26. The van der Waals surface area contributed by atoms with E-state index in [1.807, 2.05) is 49.3 Å². The van der Waals surface area contributed by atoms with Crippen LogP contribution in [0.15, 0.2) is 63.8 Å². The van der Waals surface area contributed by atoms with Crippen molar-refractivity contribution in [3.05, 3.63) is 77.9 Å². The fraction of sp³-hybridized carbons (Fsp3) is 0.333. The molecule has 0 aliphatic carbocycles. The van der Waals surface area contributed by atoms with E-state index in [9.17, 15) is 4.79 Å². The van der Waals surface area contributed by atoms with Crippen LogP contribution in [0.4, 0.5) is 0 Å². The molecule has 0 bridgehead atoms. The van der Waals surface area contributed by atoms with E-state index in [0.717, 1.165) is 12.3 Å². The van der Waals surface area contributed by atoms with Crippen LogP contribution in [0.5, 0.6) is 0 Å². The van der Waals surface area contributed by atoms with Crippen molar-refractivity contribution in [3.8, 4) is 0 Å². The van der Waals surface area contributed by atoms with Gasteiger partial charge in [0.2, 0.25) is 5.89 Å². The zero-order valence-electron chi connectivity index (χ0n) is 16.3. The van der Waals surface area contributed by atoms with Gasteiger partial charge in [0, 0.05) is 19.6 Å². The Labute approximate surface area is 165 Å². The Bertz CT molecular complexity index is 844. The second kappa shape index (κ2) is 9.87. The second-order valence-corrected chi connectivity index (χ2v) is 6.90. The molecule has 0 aliphatic rings. The molecule has 148 valence electrons. The summed E-state index contributed by atoms with van der Waals surface area (Å²) in [5.74, 6) is 1.14. The molecule has 7 nitrogen and oxygen atoms in total. The summed E-state index contributed by atoms with van der Waals surface area (Å²) < 4.78 is 11.0. The molecule has 0 aliphatic heterocycles. The van der Waals surface area contributed by atoms with E-state index in [-0.39, 0.29) is 5.91 Å². The first-order chi connectivity index (χ1) is 13.6. The molecule has 3 rings (SSSR count). The number of aromatic nitrogens is 1. The normalized spacial score (nSPS) is 11.3. The van der Waals surface area contributed by atoms with Crippen molar-refractivity contribution in [3.63, 3.8) is 0 Å². The Morgan fingerprint density at radius 3 is 2.57 bits per heavy atom. The number of rotatable bonds is 10. The number of furan rings is 1. The van der Waals surface area contributed by atoms with Crippen molar-refractivity contribution >= 4 is 5.91 Å². The third-order valence-electron chi connectivity index (χ3n) is 4.20. The molecule has 0 saturated carbocycles. The fourth-order valence-electron chi connectivity index (χ4n) is 2.79. The lowest BCUT2D eigenvalue weighted by molar-refractivity contribution is 0.0946. The first kappa shape index (κ1) is 19.9. The molecule has 0 saturated heterocycles. The molecular formula is C21H26N4O3. The summed E-state index contributed by atoms with van der Waals surface area (Å²) in [5.41, 5.74) is 1.48. The topological polar surface area (TPSA) is 74.8 Å². The summed E-state index contributed by atoms with van der Waals surface area (Å²) in [6, 6.07) is 14.0. The standard InChI is InChI=1S/C21H26N4O3/c1-24(2)11-10-22-21(26)19-16-28-20(23-19)15-25(14-18-9-6-12-27-18)13-17-7-4-3-5-8-17/h3-9,12,16H,10-11,13-15H2,1-2H3,(H,22,26). The zero-order valence-corrected chi connectivity index (χ0v) is 16.3. The van der Waals surface area contributed by atoms with E-state index in [2.05, 4.69) is 27.3 Å². The lowest BCUT2D eigenvalue weighted by Crippen LogP contribution is -2.31. The highest BCUT2D eigenvalue weighted by atomic mass is 16.3. The Kier molecular flexibility index (Phi) is 7.00. The van der Waals surface area contributed by atoms with Crippen LogP contribution in [-0.2, 0) is 19.6 Å². The molecule has 1 aromatic carbocycles. The van der Waals surface area contributed by atoms with Crippen molar-refractivity contribution < 1.29 is 13.6 Å². The molecule has 2 aromatic heterocycles. The Balaban J connectivity index is 1.63. The van der Waals surface area contributed by atoms with Gasteiger partial charge < -0.3 is 19.1 Å². The summed E-state index contributed by atoms with van der Waals surface area (Å²) in [6.45, 7) is 3.14. The summed E-state index contributed by atoms with van der Waals surface area (Å²) in [7, 11) is 3.92. The van der Waals surface area contributed by atoms with Gasteiger partial charge in [0.15, 0.2) is 5.69 Å². The second-order valence-electron chi connectivity index (χ2n) is 6.90. The van der Waals surface area contributed by atoms with Crippen LogP contribution in [0.1, 0.15) is 27.7 Å². The van der Waals surface area contributed by atoms with Crippen LogP contribution in [0.2, 0.25) is 0 Å². The van der Waals surface area contributed by atoms with Crippen molar-refractivity contribution in [2.24, 2.45) is 0 Å². The van der Waals surface area contributed by atoms with Crippen molar-refractivity contribution in [2.75, 3.05) is 27.2 Å². The summed E-state index contributed by atoms with van der Waals surface area (Å²) in [6.07, 6.45) is 3.07. The van der Waals surface area contributed by atoms with E-state index in [1.165, 1.54) is 11.8 Å². The molecule has 7 heteroatoms. The van der Waals surface area contributed by atoms with Gasteiger partial charge in [0.25, 0.3) is 5.91 Å². The van der Waals surface area contributed by atoms with Gasteiger partial charge in [-0.15, -0.1) is 0 Å². The molecule has 2 heterocycles. The zero-order chi connectivity index (χ0) is 19.8. The molecule has 0 unspecified atom stereocenters. The van der Waals surface area contributed by atoms with Crippen LogP contribution < -0.4 is 5.32 Å². The molecule has 0 radical (unpaired) electrons. The summed E-state index contributed by atoms with van der Waals surface area (Å²) in [4.78, 5) is 20.7. The van der Waals surface area contributed by atoms with E-state index in [0.29, 0.717) is 37.8 Å². The maximum Gasteiger partial charge on any atom is 0.273 e. The number of hydrogen-bond acceptors (Lipinski definition) is 6. The van der Waals surface area contributed by atoms with Gasteiger partial charge in [-0.05, 0) is 31.8 Å². The molecule has 1 N–H and O–H groups in total. The van der Waals surface area contributed by atoms with Crippen LogP contribution in [-0.4, -0.2) is 47.9 Å². The van der Waals surface area contributed by atoms with Crippen molar-refractivity contribution in [2.45, 2.75) is 19.6 Å². The number of carbonyl (C=O) groups is 1. The van der Waals surface area contributed by atoms with Gasteiger partial charge in [-0.2, -0.15) is 0 Å². The number of hydrogen-bond donors (Lipinski definition) is 1. The average molecular weight is 382 g/mol. The maximum absolute atomic E-state index is 12.2. The van der Waals surface area contributed by atoms with Crippen LogP contribution in [0.25, 0.3) is 0 Å². The van der Waals surface area contributed by atoms with Crippen LogP contribution >= 0.6 is 0 Å². The van der Waals surface area contributed by atoms with Crippen molar-refractivity contribution in [1.29, 1.82) is 0 Å². The third kappa shape index (κ3) is 6.07. The fourth-order valence-corrected chi connectivity index (χ4v) is 2.79. The molecule has 0 atom stereocenters. The first-order valence-corrected chi connectivity index (χ1v) is 9.26. The SMILES string of the molecule is CN(C)CCNC(=O)c1coc(CN(Cc2ccccc2)Cc2ccco2)n1. The summed E-state index contributed by atoms with van der Waals surface area (Å²) in [5, 5.41) is 2.84. The molecule has 28 heavy (non-hydrogen) atoms. The minimum absolute atomic E-state index is 0.225. The smallest absolute Gasteiger partial charge is 0.273 e. The van der Waals surface area contributed by atoms with Gasteiger partial charge in [0.1, 0.15) is 12.0 Å². The van der Waals surface area contributed by atoms with Crippen LogP contribution in [0, 0.1) is 0 Å². The Hall–Kier alpha value is -2.90. The molecule has 0 fully saturated rings. The highest BCUT2D eigenvalue weighted by Gasteiger charge is 2.16. The number of benzene rings is 1. The Morgan fingerprint density at radius 2 is 1.86 bits per heavy atom. The number of nitrogens with one attached hydrogen (secondary N) is 1. The average Bonchev–Trinajstić information content (AvgIpc) is 3.34. The predicted molar refractivity (Wildman–Crippen MR) is 105 cm³/mol. The van der Waals surface area contributed by atoms with Crippen molar-refractivity contribution in [1.82, 2.24) is 20.1 Å². The van der Waals surface area contributed by atoms with Gasteiger partial charge in [-0.25, -0.2) is 4.98 Å². The predicted octanol–water partition coefficient (Wildman–Crippen LogP) is 2.76. The third-order valence-corrected chi connectivity index (χ3v) is 4.20. The van der Waals surface area contributed by atoms with E-state index < -0.39 is 0 Å². The van der Waals surface area contributed by atoms with Gasteiger partial charge in [-0.3, -0.25) is 9.69 Å². The number of nitrogens with zero attached hydrogens (tertiary/aromatic N) is 3. The van der Waals surface area contributed by atoms with Crippen LogP contribution in [0.3, 0.4) is 0 Å². The lowest BCUT2D eigenvalue weighted by Gasteiger charge is -2.19. The minimum atomic E-state index is -0.225. The number of carbonyl (C=O) groups excluding carboxylic acids is 1. The highest BCUT2D eigenvalue weighted by Crippen LogP contribution is 2.14. The van der Waals surface area contributed by atoms with Gasteiger partial charge in [-0.1, -0.05) is 30.3 Å². The summed E-state index contributed by atoms with van der Waals surface area (Å²) >= 11 is 0. The van der Waals surface area contributed by atoms with Gasteiger partial charge >= 0.3 is 0 Å². The number of likely N-dealkylation sites (N-methyl/N-ethyl adjacent to an activating group) is 1.